The minimum absolute atomic E-state index is 0.248. The molecular formula is C4H7IN2O2. The van der Waals surface area contributed by atoms with Crippen LogP contribution in [0, 0.1) is 0 Å². The summed E-state index contributed by atoms with van der Waals surface area (Å²) in [7, 11) is 1.29. The molecule has 0 heterocycles. The van der Waals surface area contributed by atoms with Crippen molar-refractivity contribution in [1.82, 2.24) is 3.53 Å². The van der Waals surface area contributed by atoms with E-state index < -0.39 is 5.97 Å². The van der Waals surface area contributed by atoms with Gasteiger partial charge < -0.3 is 14.0 Å². The molecule has 0 fully saturated rings. The first-order valence-electron chi connectivity index (χ1n) is 2.13. The van der Waals surface area contributed by atoms with Crippen LogP contribution in [0.3, 0.4) is 0 Å². The highest BCUT2D eigenvalue weighted by Crippen LogP contribution is 1.91. The van der Waals surface area contributed by atoms with Crippen LogP contribution in [-0.4, -0.2) is 13.1 Å². The molecule has 3 N–H and O–H groups in total. The normalized spacial score (nSPS) is 10.7. The Morgan fingerprint density at radius 1 is 1.89 bits per heavy atom. The molecule has 0 saturated carbocycles. The van der Waals surface area contributed by atoms with Gasteiger partial charge in [0.05, 0.1) is 30.0 Å². The summed E-state index contributed by atoms with van der Waals surface area (Å²) in [4.78, 5) is 10.5. The Labute approximate surface area is 66.9 Å². The lowest BCUT2D eigenvalue weighted by atomic mass is 10.5. The number of ether oxygens (including phenoxy) is 1. The molecule has 52 valence electrons. The number of esters is 1. The highest BCUT2D eigenvalue weighted by molar-refractivity contribution is 14.1. The maximum Gasteiger partial charge on any atom is 0.356 e. The van der Waals surface area contributed by atoms with Crippen molar-refractivity contribution in [2.24, 2.45) is 5.73 Å². The number of methoxy groups -OCH3 is 1. The van der Waals surface area contributed by atoms with E-state index in [2.05, 4.69) is 8.27 Å². The lowest BCUT2D eigenvalue weighted by Crippen LogP contribution is -2.14. The molecule has 0 spiro atoms. The van der Waals surface area contributed by atoms with Crippen LogP contribution < -0.4 is 9.26 Å². The summed E-state index contributed by atoms with van der Waals surface area (Å²) >= 11 is 1.79. The fourth-order valence-electron chi connectivity index (χ4n) is 0.248. The average molecular weight is 242 g/mol. The Balaban J connectivity index is 3.97. The highest BCUT2D eigenvalue weighted by Gasteiger charge is 2.04. The molecule has 0 amide bonds. The molecule has 0 aliphatic heterocycles. The van der Waals surface area contributed by atoms with Gasteiger partial charge in [-0.2, -0.15) is 0 Å². The van der Waals surface area contributed by atoms with Crippen LogP contribution in [0.25, 0.3) is 0 Å². The van der Waals surface area contributed by atoms with E-state index in [1.807, 2.05) is 0 Å². The quantitative estimate of drug-likeness (QED) is 0.307. The van der Waals surface area contributed by atoms with E-state index >= 15 is 0 Å². The highest BCUT2D eigenvalue weighted by atomic mass is 127. The second-order valence-electron chi connectivity index (χ2n) is 1.17. The van der Waals surface area contributed by atoms with Crippen molar-refractivity contribution in [3.63, 3.8) is 0 Å². The third kappa shape index (κ3) is 2.54. The molecule has 0 radical (unpaired) electrons. The van der Waals surface area contributed by atoms with Gasteiger partial charge in [-0.1, -0.05) is 0 Å². The van der Waals surface area contributed by atoms with Gasteiger partial charge in [0.2, 0.25) is 0 Å². The van der Waals surface area contributed by atoms with Crippen LogP contribution in [0.5, 0.6) is 0 Å². The Bertz CT molecular complexity index is 135. The van der Waals surface area contributed by atoms with Crippen molar-refractivity contribution in [2.75, 3.05) is 7.11 Å². The van der Waals surface area contributed by atoms with Crippen molar-refractivity contribution in [3.8, 4) is 0 Å². The number of nitrogens with two attached hydrogens (primary N) is 1. The van der Waals surface area contributed by atoms with Crippen LogP contribution >= 0.6 is 22.9 Å². The van der Waals surface area contributed by atoms with E-state index in [4.69, 9.17) is 5.73 Å². The summed E-state index contributed by atoms with van der Waals surface area (Å²) in [6, 6.07) is 0. The number of nitrogens with one attached hydrogen (secondary N) is 1. The first-order valence-corrected chi connectivity index (χ1v) is 3.21. The molecule has 0 aromatic heterocycles. The zero-order valence-corrected chi connectivity index (χ0v) is 7.01. The summed E-state index contributed by atoms with van der Waals surface area (Å²) < 4.78 is 6.87. The van der Waals surface area contributed by atoms with Crippen LogP contribution in [0.2, 0.25) is 0 Å². The molecule has 0 bridgehead atoms. The molecule has 0 saturated heterocycles. The van der Waals surface area contributed by atoms with Crippen LogP contribution in [0.15, 0.2) is 11.9 Å². The number of halogens is 1. The van der Waals surface area contributed by atoms with Gasteiger partial charge in [-0.05, 0) is 0 Å². The fourth-order valence-corrected chi connectivity index (χ4v) is 0.648. The minimum Gasteiger partial charge on any atom is -0.464 e. The zero-order valence-electron chi connectivity index (χ0n) is 4.85. The van der Waals surface area contributed by atoms with Gasteiger partial charge in [0.1, 0.15) is 5.70 Å². The van der Waals surface area contributed by atoms with Gasteiger partial charge >= 0.3 is 5.97 Å². The molecule has 0 aromatic rings. The number of carbonyl (C=O) groups excluding carboxylic acids is 1. The third-order valence-electron chi connectivity index (χ3n) is 0.674. The van der Waals surface area contributed by atoms with Crippen LogP contribution in [0.4, 0.5) is 0 Å². The van der Waals surface area contributed by atoms with E-state index in [9.17, 15) is 4.79 Å². The molecule has 0 rings (SSSR count). The molecule has 0 aliphatic carbocycles. The SMILES string of the molecule is COC(=O)/C(=C/N)NI. The van der Waals surface area contributed by atoms with E-state index in [0.717, 1.165) is 6.20 Å². The predicted octanol–water partition coefficient (Wildman–Crippen LogP) is -0.101. The van der Waals surface area contributed by atoms with Gasteiger partial charge in [0.25, 0.3) is 0 Å². The smallest absolute Gasteiger partial charge is 0.356 e. The number of hydrogen-bond acceptors (Lipinski definition) is 4. The number of hydrogen-bond donors (Lipinski definition) is 2. The van der Waals surface area contributed by atoms with Crippen molar-refractivity contribution >= 4 is 28.8 Å². The number of carbonyl (C=O) groups is 1. The lowest BCUT2D eigenvalue weighted by Gasteiger charge is -1.98. The monoisotopic (exact) mass is 242 g/mol. The first kappa shape index (κ1) is 8.54. The number of rotatable bonds is 2. The van der Waals surface area contributed by atoms with E-state index in [1.54, 1.807) is 22.9 Å². The van der Waals surface area contributed by atoms with Gasteiger partial charge in [-0.15, -0.1) is 0 Å². The summed E-state index contributed by atoms with van der Waals surface area (Å²) in [5.74, 6) is -0.466. The van der Waals surface area contributed by atoms with Crippen molar-refractivity contribution in [2.45, 2.75) is 0 Å². The largest absolute Gasteiger partial charge is 0.464 e. The molecule has 0 unspecified atom stereocenters. The molecule has 4 nitrogen and oxygen atoms in total. The second-order valence-corrected chi connectivity index (χ2v) is 1.71. The molecule has 9 heavy (non-hydrogen) atoms. The fraction of sp³-hybridized carbons (Fsp3) is 0.250. The predicted molar refractivity (Wildman–Crippen MR) is 41.4 cm³/mol. The maximum atomic E-state index is 10.5. The topological polar surface area (TPSA) is 64.3 Å². The Hall–Kier alpha value is -0.460. The molecule has 0 aromatic carbocycles. The first-order chi connectivity index (χ1) is 4.26. The standard InChI is InChI=1S/C4H7IN2O2/c1-9-4(8)3(2-6)7-5/h2,7H,6H2,1H3/b3-2-. The summed E-state index contributed by atoms with van der Waals surface area (Å²) in [5, 5.41) is 0. The van der Waals surface area contributed by atoms with E-state index in [1.165, 1.54) is 7.11 Å². The Morgan fingerprint density at radius 2 is 2.44 bits per heavy atom. The maximum absolute atomic E-state index is 10.5. The molecule has 0 atom stereocenters. The van der Waals surface area contributed by atoms with Crippen molar-refractivity contribution < 1.29 is 9.53 Å². The van der Waals surface area contributed by atoms with Gasteiger partial charge in [0.15, 0.2) is 0 Å². The van der Waals surface area contributed by atoms with Gasteiger partial charge in [0, 0.05) is 6.20 Å². The van der Waals surface area contributed by atoms with Gasteiger partial charge in [-0.25, -0.2) is 4.79 Å². The minimum atomic E-state index is -0.466. The Kier molecular flexibility index (Phi) is 4.20. The molecular weight excluding hydrogens is 235 g/mol. The summed E-state index contributed by atoms with van der Waals surface area (Å²) in [6.07, 6.45) is 1.15. The summed E-state index contributed by atoms with van der Waals surface area (Å²) in [6.45, 7) is 0. The van der Waals surface area contributed by atoms with E-state index in [0.29, 0.717) is 0 Å². The second kappa shape index (κ2) is 4.42. The van der Waals surface area contributed by atoms with Crippen LogP contribution in [0.1, 0.15) is 0 Å². The third-order valence-corrected chi connectivity index (χ3v) is 1.25. The van der Waals surface area contributed by atoms with Crippen molar-refractivity contribution in [3.05, 3.63) is 11.9 Å². The molecule has 0 aliphatic rings. The Morgan fingerprint density at radius 3 is 2.56 bits per heavy atom. The lowest BCUT2D eigenvalue weighted by molar-refractivity contribution is -0.136. The average Bonchev–Trinajstić information content (AvgIpc) is 1.90. The van der Waals surface area contributed by atoms with Gasteiger partial charge in [-0.3, -0.25) is 0 Å². The van der Waals surface area contributed by atoms with Crippen LogP contribution in [-0.2, 0) is 9.53 Å². The summed E-state index contributed by atoms with van der Waals surface area (Å²) in [5.41, 5.74) is 5.28. The molecule has 5 heteroatoms. The van der Waals surface area contributed by atoms with E-state index in [-0.39, 0.29) is 5.70 Å². The van der Waals surface area contributed by atoms with Crippen molar-refractivity contribution in [1.29, 1.82) is 0 Å². The zero-order chi connectivity index (χ0) is 7.28.